The maximum absolute atomic E-state index is 5.85. The molecule has 0 spiro atoms. The molecule has 1 fully saturated rings. The molecule has 1 saturated heterocycles. The molecule has 0 atom stereocenters. The molecule has 1 aliphatic rings. The minimum atomic E-state index is -0.0899. The van der Waals surface area contributed by atoms with Gasteiger partial charge in [0.15, 0.2) is 0 Å². The van der Waals surface area contributed by atoms with Gasteiger partial charge in [-0.25, -0.2) is 0 Å². The fourth-order valence-electron chi connectivity index (χ4n) is 2.34. The lowest BCUT2D eigenvalue weighted by atomic mass is 9.99. The van der Waals surface area contributed by atoms with Crippen molar-refractivity contribution in [2.24, 2.45) is 33.3 Å². The summed E-state index contributed by atoms with van der Waals surface area (Å²) in [5.41, 5.74) is 17.7. The highest BCUT2D eigenvalue weighted by atomic mass is 16.5. The van der Waals surface area contributed by atoms with Crippen LogP contribution in [0, 0.1) is 5.92 Å². The Balaban J connectivity index is 1.94. The number of nitrogens with two attached hydrogens (primary N) is 3. The zero-order chi connectivity index (χ0) is 15.8. The van der Waals surface area contributed by atoms with Crippen LogP contribution >= 0.6 is 0 Å². The Morgan fingerprint density at radius 3 is 2.41 bits per heavy atom. The molecule has 1 aromatic rings. The highest BCUT2D eigenvalue weighted by Crippen LogP contribution is 2.17. The van der Waals surface area contributed by atoms with Gasteiger partial charge < -0.3 is 27.3 Å². The normalized spacial score (nSPS) is 16.3. The summed E-state index contributed by atoms with van der Waals surface area (Å²) >= 11 is 0. The Labute approximate surface area is 130 Å². The van der Waals surface area contributed by atoms with E-state index in [0.29, 0.717) is 11.6 Å². The van der Waals surface area contributed by atoms with Crippen LogP contribution in [-0.4, -0.2) is 37.9 Å². The molecule has 0 aliphatic carbocycles. The average molecular weight is 304 g/mol. The van der Waals surface area contributed by atoms with E-state index < -0.39 is 0 Å². The Morgan fingerprint density at radius 1 is 1.14 bits per heavy atom. The number of nitrogens with one attached hydrogen (secondary N) is 1. The topological polar surface area (TPSA) is 124 Å². The molecule has 0 aromatic heterocycles. The molecule has 0 radical (unpaired) electrons. The molecule has 1 heterocycles. The molecule has 0 bridgehead atoms. The highest BCUT2D eigenvalue weighted by molar-refractivity contribution is 6.02. The third-order valence-corrected chi connectivity index (χ3v) is 3.61. The number of piperidine rings is 1. The van der Waals surface area contributed by atoms with E-state index in [9.17, 15) is 0 Å². The van der Waals surface area contributed by atoms with Gasteiger partial charge in [0, 0.05) is 6.54 Å². The van der Waals surface area contributed by atoms with Gasteiger partial charge in [0.25, 0.3) is 0 Å². The molecule has 7 heteroatoms. The molecule has 0 unspecified atom stereocenters. The predicted octanol–water partition coefficient (Wildman–Crippen LogP) is 0.00120. The molecular formula is C15H24N6O. The van der Waals surface area contributed by atoms with Crippen LogP contribution in [0.3, 0.4) is 0 Å². The first kappa shape index (κ1) is 16.3. The number of nitrogens with zero attached hydrogens (tertiary/aromatic N) is 2. The molecule has 2 rings (SSSR count). The third-order valence-electron chi connectivity index (χ3n) is 3.61. The van der Waals surface area contributed by atoms with Crippen LogP contribution in [0.25, 0.3) is 0 Å². The van der Waals surface area contributed by atoms with Crippen LogP contribution in [0.15, 0.2) is 34.5 Å². The van der Waals surface area contributed by atoms with Crippen molar-refractivity contribution in [3.05, 3.63) is 29.8 Å². The molecule has 22 heavy (non-hydrogen) atoms. The minimum absolute atomic E-state index is 0.0899. The van der Waals surface area contributed by atoms with Crippen LogP contribution in [0.2, 0.25) is 0 Å². The highest BCUT2D eigenvalue weighted by Gasteiger charge is 2.13. The third kappa shape index (κ3) is 5.01. The second-order valence-corrected chi connectivity index (χ2v) is 5.30. The van der Waals surface area contributed by atoms with Gasteiger partial charge >= 0.3 is 0 Å². The summed E-state index contributed by atoms with van der Waals surface area (Å²) in [6.07, 6.45) is 2.33. The van der Waals surface area contributed by atoms with E-state index >= 15 is 0 Å². The molecular weight excluding hydrogens is 280 g/mol. The fourth-order valence-corrected chi connectivity index (χ4v) is 2.34. The SMILES string of the molecule is NC/C(=N\N=C(N)N)c1ccc(OCC2CCNCC2)cc1. The second-order valence-electron chi connectivity index (χ2n) is 5.30. The van der Waals surface area contributed by atoms with Gasteiger partial charge in [-0.2, -0.15) is 5.10 Å². The van der Waals surface area contributed by atoms with Gasteiger partial charge in [0.05, 0.1) is 12.3 Å². The number of hydrogen-bond acceptors (Lipinski definition) is 5. The molecule has 7 nitrogen and oxygen atoms in total. The number of hydrogen-bond donors (Lipinski definition) is 4. The maximum Gasteiger partial charge on any atom is 0.211 e. The summed E-state index contributed by atoms with van der Waals surface area (Å²) in [4.78, 5) is 0. The number of rotatable bonds is 6. The van der Waals surface area contributed by atoms with E-state index in [-0.39, 0.29) is 12.5 Å². The number of benzene rings is 1. The van der Waals surface area contributed by atoms with Crippen molar-refractivity contribution < 1.29 is 4.74 Å². The van der Waals surface area contributed by atoms with Crippen LogP contribution in [0.4, 0.5) is 0 Å². The largest absolute Gasteiger partial charge is 0.493 e. The first-order valence-corrected chi connectivity index (χ1v) is 7.48. The quantitative estimate of drug-likeness (QED) is 0.334. The van der Waals surface area contributed by atoms with Gasteiger partial charge in [-0.3, -0.25) is 0 Å². The van der Waals surface area contributed by atoms with E-state index in [1.54, 1.807) is 0 Å². The summed E-state index contributed by atoms with van der Waals surface area (Å²) in [5.74, 6) is 1.39. The summed E-state index contributed by atoms with van der Waals surface area (Å²) in [6, 6.07) is 7.64. The van der Waals surface area contributed by atoms with Crippen LogP contribution < -0.4 is 27.3 Å². The van der Waals surface area contributed by atoms with Gasteiger partial charge in [-0.15, -0.1) is 5.10 Å². The molecule has 120 valence electrons. The van der Waals surface area contributed by atoms with Crippen molar-refractivity contribution in [2.75, 3.05) is 26.2 Å². The first-order chi connectivity index (χ1) is 10.7. The van der Waals surface area contributed by atoms with Crippen LogP contribution in [0.1, 0.15) is 18.4 Å². The van der Waals surface area contributed by atoms with E-state index in [2.05, 4.69) is 15.5 Å². The second kappa shape index (κ2) is 8.35. The minimum Gasteiger partial charge on any atom is -0.493 e. The zero-order valence-corrected chi connectivity index (χ0v) is 12.7. The summed E-state index contributed by atoms with van der Waals surface area (Å²) in [6.45, 7) is 3.17. The number of ether oxygens (including phenoxy) is 1. The van der Waals surface area contributed by atoms with Crippen molar-refractivity contribution in [3.8, 4) is 5.75 Å². The predicted molar refractivity (Wildman–Crippen MR) is 88.9 cm³/mol. The lowest BCUT2D eigenvalue weighted by Gasteiger charge is -2.22. The standard InChI is InChI=1S/C15H24N6O/c16-9-14(20-21-15(17)18)12-1-3-13(4-2-12)22-10-11-5-7-19-8-6-11/h1-4,11,19H,5-10,16H2,(H4,17,18,21)/b20-14+. The molecule has 7 N–H and O–H groups in total. The van der Waals surface area contributed by atoms with E-state index in [1.165, 1.54) is 12.8 Å². The summed E-state index contributed by atoms with van der Waals surface area (Å²) in [5, 5.41) is 10.9. The van der Waals surface area contributed by atoms with E-state index in [1.807, 2.05) is 24.3 Å². The zero-order valence-electron chi connectivity index (χ0n) is 12.7. The van der Waals surface area contributed by atoms with Crippen molar-refractivity contribution in [1.29, 1.82) is 0 Å². The van der Waals surface area contributed by atoms with Crippen LogP contribution in [-0.2, 0) is 0 Å². The van der Waals surface area contributed by atoms with Crippen molar-refractivity contribution >= 4 is 11.7 Å². The Morgan fingerprint density at radius 2 is 1.82 bits per heavy atom. The Kier molecular flexibility index (Phi) is 6.17. The van der Waals surface area contributed by atoms with Crippen LogP contribution in [0.5, 0.6) is 5.75 Å². The molecule has 1 aromatic carbocycles. The van der Waals surface area contributed by atoms with Gasteiger partial charge in [-0.1, -0.05) is 0 Å². The van der Waals surface area contributed by atoms with E-state index in [0.717, 1.165) is 31.0 Å². The summed E-state index contributed by atoms with van der Waals surface area (Å²) < 4.78 is 5.85. The monoisotopic (exact) mass is 304 g/mol. The molecule has 0 saturated carbocycles. The van der Waals surface area contributed by atoms with Crippen molar-refractivity contribution in [3.63, 3.8) is 0 Å². The van der Waals surface area contributed by atoms with E-state index in [4.69, 9.17) is 21.9 Å². The fraction of sp³-hybridized carbons (Fsp3) is 0.467. The van der Waals surface area contributed by atoms with Crippen molar-refractivity contribution in [2.45, 2.75) is 12.8 Å². The Hall–Kier alpha value is -2.12. The molecule has 1 aliphatic heterocycles. The lowest BCUT2D eigenvalue weighted by Crippen LogP contribution is -2.30. The maximum atomic E-state index is 5.85. The van der Waals surface area contributed by atoms with Crippen molar-refractivity contribution in [1.82, 2.24) is 5.32 Å². The van der Waals surface area contributed by atoms with Gasteiger partial charge in [-0.05, 0) is 61.7 Å². The molecule has 0 amide bonds. The average Bonchev–Trinajstić information content (AvgIpc) is 2.55. The first-order valence-electron chi connectivity index (χ1n) is 7.48. The Bertz CT molecular complexity index is 515. The van der Waals surface area contributed by atoms with Gasteiger partial charge in [0.2, 0.25) is 5.96 Å². The number of guanidine groups is 1. The van der Waals surface area contributed by atoms with Gasteiger partial charge in [0.1, 0.15) is 5.75 Å². The lowest BCUT2D eigenvalue weighted by molar-refractivity contribution is 0.215. The summed E-state index contributed by atoms with van der Waals surface area (Å²) in [7, 11) is 0. The smallest absolute Gasteiger partial charge is 0.211 e.